The van der Waals surface area contributed by atoms with Crippen LogP contribution in [0.15, 0.2) is 47.6 Å². The largest absolute Gasteiger partial charge is 0.393 e. The zero-order valence-corrected chi connectivity index (χ0v) is 21.8. The fourth-order valence-corrected chi connectivity index (χ4v) is 7.31. The van der Waals surface area contributed by atoms with Gasteiger partial charge in [-0.05, 0) is 92.6 Å². The maximum Gasteiger partial charge on any atom is 0.0811 e. The lowest BCUT2D eigenvalue weighted by Crippen LogP contribution is -2.36. The van der Waals surface area contributed by atoms with Gasteiger partial charge in [-0.15, -0.1) is 0 Å². The molecule has 3 aliphatic rings. The second-order valence-corrected chi connectivity index (χ2v) is 12.3. The van der Waals surface area contributed by atoms with E-state index in [1.807, 2.05) is 13.8 Å². The van der Waals surface area contributed by atoms with Crippen molar-refractivity contribution in [3.8, 4) is 0 Å². The van der Waals surface area contributed by atoms with Gasteiger partial charge in [-0.1, -0.05) is 64.2 Å². The minimum Gasteiger partial charge on any atom is -0.393 e. The molecule has 186 valence electrons. The fraction of sp³-hybridized carbons (Fsp3) is 0.733. The molecule has 0 spiro atoms. The first-order valence-electron chi connectivity index (χ1n) is 13.2. The van der Waals surface area contributed by atoms with Crippen molar-refractivity contribution >= 4 is 0 Å². The Morgan fingerprint density at radius 3 is 2.42 bits per heavy atom. The molecule has 3 saturated carbocycles. The Bertz CT molecular complexity index is 796. The van der Waals surface area contributed by atoms with E-state index in [9.17, 15) is 15.3 Å². The van der Waals surface area contributed by atoms with Crippen LogP contribution in [-0.2, 0) is 0 Å². The number of aliphatic hydroxyl groups is 3. The highest BCUT2D eigenvalue weighted by molar-refractivity contribution is 5.38. The molecule has 0 saturated heterocycles. The van der Waals surface area contributed by atoms with Gasteiger partial charge in [-0.3, -0.25) is 0 Å². The molecule has 0 aliphatic heterocycles. The molecule has 3 rings (SSSR count). The highest BCUT2D eigenvalue weighted by Crippen LogP contribution is 2.59. The van der Waals surface area contributed by atoms with Crippen molar-refractivity contribution < 1.29 is 15.3 Å². The van der Waals surface area contributed by atoms with Crippen molar-refractivity contribution in [1.82, 2.24) is 0 Å². The zero-order chi connectivity index (χ0) is 24.6. The van der Waals surface area contributed by atoms with Crippen LogP contribution in [0.2, 0.25) is 0 Å². The molecule has 0 aromatic heterocycles. The first kappa shape index (κ1) is 26.4. The predicted molar refractivity (Wildman–Crippen MR) is 138 cm³/mol. The predicted octanol–water partition coefficient (Wildman–Crippen LogP) is 6.36. The minimum atomic E-state index is -0.703. The van der Waals surface area contributed by atoms with E-state index in [4.69, 9.17) is 0 Å². The van der Waals surface area contributed by atoms with Crippen molar-refractivity contribution in [2.45, 2.75) is 104 Å². The van der Waals surface area contributed by atoms with E-state index < -0.39 is 17.8 Å². The third-order valence-electron chi connectivity index (χ3n) is 9.09. The van der Waals surface area contributed by atoms with Crippen LogP contribution in [0.5, 0.6) is 0 Å². The Labute approximate surface area is 202 Å². The molecule has 3 N–H and O–H groups in total. The average molecular weight is 457 g/mol. The van der Waals surface area contributed by atoms with Crippen molar-refractivity contribution in [1.29, 1.82) is 0 Å². The topological polar surface area (TPSA) is 60.7 Å². The number of rotatable bonds is 6. The Morgan fingerprint density at radius 1 is 1.09 bits per heavy atom. The normalized spacial score (nSPS) is 37.8. The average Bonchev–Trinajstić information content (AvgIpc) is 3.05. The van der Waals surface area contributed by atoms with Gasteiger partial charge in [0, 0.05) is 12.3 Å². The van der Waals surface area contributed by atoms with Gasteiger partial charge in [0.15, 0.2) is 0 Å². The van der Waals surface area contributed by atoms with Crippen LogP contribution in [0.25, 0.3) is 0 Å². The Morgan fingerprint density at radius 2 is 1.79 bits per heavy atom. The van der Waals surface area contributed by atoms with Crippen LogP contribution in [0.4, 0.5) is 0 Å². The lowest BCUT2D eigenvalue weighted by Gasteiger charge is -2.44. The molecule has 3 heteroatoms. The van der Waals surface area contributed by atoms with Gasteiger partial charge in [0.25, 0.3) is 0 Å². The minimum absolute atomic E-state index is 0.160. The Hall–Kier alpha value is -1.16. The van der Waals surface area contributed by atoms with Crippen LogP contribution < -0.4 is 0 Å². The molecule has 3 fully saturated rings. The third-order valence-corrected chi connectivity index (χ3v) is 9.09. The number of allylic oxidation sites excluding steroid dienone is 4. The van der Waals surface area contributed by atoms with Gasteiger partial charge in [-0.2, -0.15) is 0 Å². The van der Waals surface area contributed by atoms with Crippen molar-refractivity contribution in [2.75, 3.05) is 0 Å². The molecule has 0 unspecified atom stereocenters. The second kappa shape index (κ2) is 10.2. The highest BCUT2D eigenvalue weighted by Gasteiger charge is 2.50. The van der Waals surface area contributed by atoms with Crippen LogP contribution in [0.3, 0.4) is 0 Å². The van der Waals surface area contributed by atoms with E-state index >= 15 is 0 Å². The van der Waals surface area contributed by atoms with Crippen LogP contribution >= 0.6 is 0 Å². The van der Waals surface area contributed by atoms with E-state index in [0.29, 0.717) is 41.9 Å². The summed E-state index contributed by atoms with van der Waals surface area (Å²) in [7, 11) is 0. The second-order valence-electron chi connectivity index (χ2n) is 12.3. The van der Waals surface area contributed by atoms with Gasteiger partial charge in [0.05, 0.1) is 17.8 Å². The van der Waals surface area contributed by atoms with E-state index in [-0.39, 0.29) is 5.92 Å². The molecule has 7 atom stereocenters. The summed E-state index contributed by atoms with van der Waals surface area (Å²) in [6.07, 6.45) is 15.1. The SMILES string of the molecule is C=C1/C(=C\C=C2/CCC[C@]3(C)[C@@H]([C@H](C)/C=C/[C@@H](C(C)C)C(C)(C)O)CC[C@@H]23)C[C@@H](O)C[C@@H]1O. The summed E-state index contributed by atoms with van der Waals surface area (Å²) in [5.74, 6) is 2.31. The molecule has 3 aliphatic carbocycles. The summed E-state index contributed by atoms with van der Waals surface area (Å²) in [5, 5.41) is 30.9. The molecule has 0 aromatic rings. The first-order valence-corrected chi connectivity index (χ1v) is 13.2. The lowest BCUT2D eigenvalue weighted by molar-refractivity contribution is 0.0184. The lowest BCUT2D eigenvalue weighted by atomic mass is 9.61. The van der Waals surface area contributed by atoms with E-state index in [0.717, 1.165) is 17.6 Å². The summed E-state index contributed by atoms with van der Waals surface area (Å²) in [5.41, 5.74) is 2.90. The molecular weight excluding hydrogens is 408 g/mol. The van der Waals surface area contributed by atoms with Crippen molar-refractivity contribution in [3.63, 3.8) is 0 Å². The maximum atomic E-state index is 10.6. The molecule has 33 heavy (non-hydrogen) atoms. The molecule has 0 aromatic carbocycles. The van der Waals surface area contributed by atoms with E-state index in [2.05, 4.69) is 58.6 Å². The highest BCUT2D eigenvalue weighted by atomic mass is 16.3. The summed E-state index contributed by atoms with van der Waals surface area (Å²) in [6, 6.07) is 0. The quantitative estimate of drug-likeness (QED) is 0.407. The molecule has 0 radical (unpaired) electrons. The summed E-state index contributed by atoms with van der Waals surface area (Å²) in [6.45, 7) is 17.2. The first-order chi connectivity index (χ1) is 15.3. The van der Waals surface area contributed by atoms with Gasteiger partial charge < -0.3 is 15.3 Å². The van der Waals surface area contributed by atoms with Crippen LogP contribution in [-0.4, -0.2) is 33.1 Å². The number of hydrogen-bond donors (Lipinski definition) is 3. The molecule has 3 nitrogen and oxygen atoms in total. The number of fused-ring (bicyclic) bond motifs is 1. The summed E-state index contributed by atoms with van der Waals surface area (Å²) < 4.78 is 0. The molecule has 0 bridgehead atoms. The van der Waals surface area contributed by atoms with Crippen molar-refractivity contribution in [3.05, 3.63) is 47.6 Å². The monoisotopic (exact) mass is 456 g/mol. The van der Waals surface area contributed by atoms with Crippen molar-refractivity contribution in [2.24, 2.45) is 35.0 Å². The fourth-order valence-electron chi connectivity index (χ4n) is 7.31. The van der Waals surface area contributed by atoms with Crippen LogP contribution in [0, 0.1) is 35.0 Å². The van der Waals surface area contributed by atoms with E-state index in [1.54, 1.807) is 0 Å². The molecule has 0 heterocycles. The summed E-state index contributed by atoms with van der Waals surface area (Å²) >= 11 is 0. The summed E-state index contributed by atoms with van der Waals surface area (Å²) in [4.78, 5) is 0. The number of hydrogen-bond acceptors (Lipinski definition) is 3. The van der Waals surface area contributed by atoms with Gasteiger partial charge in [0.2, 0.25) is 0 Å². The Kier molecular flexibility index (Phi) is 8.19. The van der Waals surface area contributed by atoms with Gasteiger partial charge >= 0.3 is 0 Å². The van der Waals surface area contributed by atoms with E-state index in [1.165, 1.54) is 31.3 Å². The Balaban J connectivity index is 1.78. The molecule has 0 amide bonds. The third kappa shape index (κ3) is 5.74. The van der Waals surface area contributed by atoms with Gasteiger partial charge in [0.1, 0.15) is 0 Å². The zero-order valence-electron chi connectivity index (χ0n) is 21.8. The van der Waals surface area contributed by atoms with Crippen LogP contribution in [0.1, 0.15) is 86.5 Å². The number of aliphatic hydroxyl groups excluding tert-OH is 2. The maximum absolute atomic E-state index is 10.6. The van der Waals surface area contributed by atoms with Gasteiger partial charge in [-0.25, -0.2) is 0 Å². The molecular formula is C30H48O3. The smallest absolute Gasteiger partial charge is 0.0811 e. The standard InChI is InChI=1S/C30H48O3/c1-19(2)25(29(5,6)33)13-10-20(3)26-14-15-27-22(9-8-16-30(26,27)7)11-12-23-17-24(31)18-28(32)21(23)4/h10-13,19-20,24-28,31-33H,4,8-9,14-18H2,1-3,5-7H3/b13-10+,22-11+,23-12-/t20-,24-,25+,26-,27+,28+,30-/m1/s1.